The van der Waals surface area contributed by atoms with Gasteiger partial charge in [-0.25, -0.2) is 0 Å². The highest BCUT2D eigenvalue weighted by Gasteiger charge is 2.31. The van der Waals surface area contributed by atoms with Gasteiger partial charge in [0.05, 0.1) is 5.69 Å². The Hall–Kier alpha value is -0.870. The fourth-order valence-electron chi connectivity index (χ4n) is 3.15. The first-order valence-corrected chi connectivity index (χ1v) is 8.21. The molecule has 1 N–H and O–H groups in total. The maximum atomic E-state index is 4.71. The Morgan fingerprint density at radius 3 is 2.85 bits per heavy atom. The van der Waals surface area contributed by atoms with Crippen molar-refractivity contribution in [3.05, 3.63) is 18.0 Å². The highest BCUT2D eigenvalue weighted by molar-refractivity contribution is 5.01. The Morgan fingerprint density at radius 1 is 1.40 bits per heavy atom. The van der Waals surface area contributed by atoms with Gasteiger partial charge < -0.3 is 5.32 Å². The molecule has 112 valence electrons. The molecule has 0 bridgehead atoms. The topological polar surface area (TPSA) is 33.1 Å². The first-order chi connectivity index (χ1) is 9.72. The van der Waals surface area contributed by atoms with Crippen molar-refractivity contribution < 1.29 is 0 Å². The summed E-state index contributed by atoms with van der Waals surface area (Å²) in [5, 5.41) is 8.25. The van der Waals surface area contributed by atoms with E-state index >= 15 is 0 Å². The van der Waals surface area contributed by atoms with Crippen LogP contribution < -0.4 is 5.32 Å². The molecule has 1 saturated carbocycles. The van der Waals surface area contributed by atoms with Crippen molar-refractivity contribution in [2.75, 3.05) is 19.6 Å². The van der Waals surface area contributed by atoms with Crippen LogP contribution in [0.25, 0.3) is 0 Å². The maximum Gasteiger partial charge on any atom is 0.0764 e. The Kier molecular flexibility index (Phi) is 4.41. The van der Waals surface area contributed by atoms with Gasteiger partial charge in [0.15, 0.2) is 0 Å². The summed E-state index contributed by atoms with van der Waals surface area (Å²) in [4.78, 5) is 2.67. The quantitative estimate of drug-likeness (QED) is 0.866. The molecule has 0 radical (unpaired) electrons. The van der Waals surface area contributed by atoms with Crippen molar-refractivity contribution in [3.63, 3.8) is 0 Å². The molecule has 2 aliphatic rings. The smallest absolute Gasteiger partial charge is 0.0764 e. The zero-order valence-electron chi connectivity index (χ0n) is 12.9. The lowest BCUT2D eigenvalue weighted by atomic mass is 9.99. The van der Waals surface area contributed by atoms with E-state index in [1.165, 1.54) is 51.0 Å². The molecular formula is C16H28N4. The van der Waals surface area contributed by atoms with Crippen LogP contribution in [-0.2, 0) is 6.54 Å². The number of piperidine rings is 1. The number of aromatic nitrogens is 2. The van der Waals surface area contributed by atoms with Crippen LogP contribution in [0.15, 0.2) is 12.3 Å². The predicted molar refractivity (Wildman–Crippen MR) is 81.6 cm³/mol. The second-order valence-electron chi connectivity index (χ2n) is 6.75. The zero-order chi connectivity index (χ0) is 13.9. The predicted octanol–water partition coefficient (Wildman–Crippen LogP) is 2.43. The van der Waals surface area contributed by atoms with Crippen LogP contribution in [0.1, 0.15) is 51.3 Å². The lowest BCUT2D eigenvalue weighted by Gasteiger charge is -2.29. The van der Waals surface area contributed by atoms with Crippen molar-refractivity contribution in [1.29, 1.82) is 0 Å². The van der Waals surface area contributed by atoms with Gasteiger partial charge in [-0.3, -0.25) is 9.58 Å². The molecule has 1 saturated heterocycles. The third kappa shape index (κ3) is 3.61. The second kappa shape index (κ2) is 6.27. The van der Waals surface area contributed by atoms with Crippen LogP contribution >= 0.6 is 0 Å². The van der Waals surface area contributed by atoms with E-state index in [1.807, 2.05) is 0 Å². The largest absolute Gasteiger partial charge is 0.316 e. The number of hydrogen-bond donors (Lipinski definition) is 1. The molecule has 2 heterocycles. The van der Waals surface area contributed by atoms with Crippen LogP contribution in [0.4, 0.5) is 0 Å². The molecule has 0 spiro atoms. The summed E-state index contributed by atoms with van der Waals surface area (Å²) in [7, 11) is 0. The summed E-state index contributed by atoms with van der Waals surface area (Å²) in [6.45, 7) is 9.04. The van der Waals surface area contributed by atoms with Crippen molar-refractivity contribution in [2.45, 2.75) is 58.2 Å². The molecule has 20 heavy (non-hydrogen) atoms. The van der Waals surface area contributed by atoms with Gasteiger partial charge in [-0.05, 0) is 64.6 Å². The van der Waals surface area contributed by atoms with Gasteiger partial charge in [0.25, 0.3) is 0 Å². The summed E-state index contributed by atoms with van der Waals surface area (Å²) in [5.41, 5.74) is 1.23. The molecule has 1 aliphatic heterocycles. The van der Waals surface area contributed by atoms with E-state index in [0.717, 1.165) is 18.5 Å². The summed E-state index contributed by atoms with van der Waals surface area (Å²) in [6.07, 6.45) is 7.60. The van der Waals surface area contributed by atoms with Crippen LogP contribution in [0, 0.1) is 5.92 Å². The van der Waals surface area contributed by atoms with Gasteiger partial charge in [-0.2, -0.15) is 5.10 Å². The first kappa shape index (κ1) is 14.1. The van der Waals surface area contributed by atoms with Crippen LogP contribution in [0.5, 0.6) is 0 Å². The van der Waals surface area contributed by atoms with Crippen LogP contribution in [0.3, 0.4) is 0 Å². The van der Waals surface area contributed by atoms with Gasteiger partial charge in [-0.15, -0.1) is 0 Å². The Morgan fingerprint density at radius 2 is 2.25 bits per heavy atom. The molecule has 4 heteroatoms. The fourth-order valence-corrected chi connectivity index (χ4v) is 3.15. The highest BCUT2D eigenvalue weighted by Crippen LogP contribution is 2.29. The SMILES string of the molecule is CC(C)n1ccc(CN(CC2CCCNC2)C2CC2)n1. The normalized spacial score (nSPS) is 23.7. The van der Waals surface area contributed by atoms with Gasteiger partial charge in [0, 0.05) is 31.4 Å². The second-order valence-corrected chi connectivity index (χ2v) is 6.75. The number of rotatable bonds is 6. The molecule has 1 unspecified atom stereocenters. The Labute approximate surface area is 122 Å². The average Bonchev–Trinajstić information content (AvgIpc) is 3.19. The van der Waals surface area contributed by atoms with Gasteiger partial charge in [0.1, 0.15) is 0 Å². The molecule has 1 atom stereocenters. The molecule has 3 rings (SSSR count). The van der Waals surface area contributed by atoms with E-state index in [0.29, 0.717) is 6.04 Å². The molecule has 0 aromatic carbocycles. The van der Waals surface area contributed by atoms with Gasteiger partial charge in [-0.1, -0.05) is 0 Å². The fraction of sp³-hybridized carbons (Fsp3) is 0.812. The molecule has 4 nitrogen and oxygen atoms in total. The molecule has 1 aromatic heterocycles. The van der Waals surface area contributed by atoms with E-state index in [2.05, 4.69) is 41.0 Å². The molecule has 2 fully saturated rings. The molecule has 1 aliphatic carbocycles. The van der Waals surface area contributed by atoms with Gasteiger partial charge in [0.2, 0.25) is 0 Å². The first-order valence-electron chi connectivity index (χ1n) is 8.21. The van der Waals surface area contributed by atoms with Crippen molar-refractivity contribution in [3.8, 4) is 0 Å². The average molecular weight is 276 g/mol. The number of hydrogen-bond acceptors (Lipinski definition) is 3. The van der Waals surface area contributed by atoms with E-state index in [9.17, 15) is 0 Å². The Balaban J connectivity index is 1.58. The van der Waals surface area contributed by atoms with Crippen LogP contribution in [-0.4, -0.2) is 40.4 Å². The minimum absolute atomic E-state index is 0.459. The third-order valence-corrected chi connectivity index (χ3v) is 4.51. The third-order valence-electron chi connectivity index (χ3n) is 4.51. The minimum Gasteiger partial charge on any atom is -0.316 e. The van der Waals surface area contributed by atoms with Crippen molar-refractivity contribution >= 4 is 0 Å². The van der Waals surface area contributed by atoms with E-state index in [4.69, 9.17) is 5.10 Å². The van der Waals surface area contributed by atoms with E-state index in [-0.39, 0.29) is 0 Å². The van der Waals surface area contributed by atoms with Crippen LogP contribution in [0.2, 0.25) is 0 Å². The van der Waals surface area contributed by atoms with Crippen molar-refractivity contribution in [1.82, 2.24) is 20.0 Å². The summed E-state index contributed by atoms with van der Waals surface area (Å²) >= 11 is 0. The summed E-state index contributed by atoms with van der Waals surface area (Å²) < 4.78 is 2.07. The molecule has 1 aromatic rings. The number of nitrogens with zero attached hydrogens (tertiary/aromatic N) is 3. The number of nitrogens with one attached hydrogen (secondary N) is 1. The lowest BCUT2D eigenvalue weighted by Crippen LogP contribution is -2.39. The summed E-state index contributed by atoms with van der Waals surface area (Å²) in [6, 6.07) is 3.47. The maximum absolute atomic E-state index is 4.71. The Bertz CT molecular complexity index is 416. The lowest BCUT2D eigenvalue weighted by molar-refractivity contribution is 0.190. The van der Waals surface area contributed by atoms with Crippen molar-refractivity contribution in [2.24, 2.45) is 5.92 Å². The zero-order valence-corrected chi connectivity index (χ0v) is 12.9. The van der Waals surface area contributed by atoms with E-state index < -0.39 is 0 Å². The minimum atomic E-state index is 0.459. The highest BCUT2D eigenvalue weighted by atomic mass is 15.3. The monoisotopic (exact) mass is 276 g/mol. The van der Waals surface area contributed by atoms with E-state index in [1.54, 1.807) is 0 Å². The summed E-state index contributed by atoms with van der Waals surface area (Å²) in [5.74, 6) is 0.830. The molecule has 0 amide bonds. The standard InChI is InChI=1S/C16H28N4/c1-13(2)20-9-7-15(18-20)12-19(16-5-6-16)11-14-4-3-8-17-10-14/h7,9,13-14,16-17H,3-6,8,10-12H2,1-2H3. The van der Waals surface area contributed by atoms with Gasteiger partial charge >= 0.3 is 0 Å². The molecular weight excluding hydrogens is 248 g/mol.